The third-order valence-electron chi connectivity index (χ3n) is 4.75. The van der Waals surface area contributed by atoms with Crippen LogP contribution in [0, 0.1) is 0 Å². The molecule has 0 spiro atoms. The molecule has 5 rings (SSSR count). The quantitative estimate of drug-likeness (QED) is 0.513. The van der Waals surface area contributed by atoms with Crippen LogP contribution in [-0.2, 0) is 13.0 Å². The number of aromatic amines is 1. The van der Waals surface area contributed by atoms with Crippen LogP contribution in [0.25, 0.3) is 33.1 Å². The Bertz CT molecular complexity index is 1150. The molecular weight excluding hydrogens is 308 g/mol. The molecule has 23 heavy (non-hydrogen) atoms. The van der Waals surface area contributed by atoms with Gasteiger partial charge < -0.3 is 9.55 Å². The van der Waals surface area contributed by atoms with Gasteiger partial charge in [0, 0.05) is 28.2 Å². The summed E-state index contributed by atoms with van der Waals surface area (Å²) in [5.41, 5.74) is 4.15. The summed E-state index contributed by atoms with van der Waals surface area (Å²) in [5.74, 6) is 0. The number of nitrogens with one attached hydrogen (secondary N) is 1. The molecule has 0 bridgehead atoms. The lowest BCUT2D eigenvalue weighted by molar-refractivity contribution is 0.665. The number of fused-ring (bicyclic) bond motifs is 6. The Morgan fingerprint density at radius 2 is 1.65 bits per heavy atom. The van der Waals surface area contributed by atoms with E-state index >= 15 is 0 Å². The maximum atomic E-state index is 12.8. The van der Waals surface area contributed by atoms with Gasteiger partial charge in [-0.3, -0.25) is 4.79 Å². The van der Waals surface area contributed by atoms with Crippen molar-refractivity contribution in [3.8, 4) is 11.4 Å². The maximum absolute atomic E-state index is 12.8. The van der Waals surface area contributed by atoms with Crippen LogP contribution < -0.4 is 5.56 Å². The maximum Gasteiger partial charge on any atom is 0.259 e. The lowest BCUT2D eigenvalue weighted by Gasteiger charge is -2.21. The lowest BCUT2D eigenvalue weighted by Crippen LogP contribution is -2.26. The number of pyridine rings is 1. The van der Waals surface area contributed by atoms with Crippen molar-refractivity contribution in [1.29, 1.82) is 0 Å². The zero-order chi connectivity index (χ0) is 15.6. The molecular formula is C19H13ClN2O. The van der Waals surface area contributed by atoms with E-state index in [2.05, 4.69) is 17.1 Å². The number of benzene rings is 2. The molecule has 112 valence electrons. The van der Waals surface area contributed by atoms with E-state index in [1.165, 1.54) is 10.9 Å². The molecule has 2 aromatic carbocycles. The molecule has 1 aliphatic heterocycles. The highest BCUT2D eigenvalue weighted by atomic mass is 35.5. The van der Waals surface area contributed by atoms with E-state index in [0.717, 1.165) is 28.7 Å². The van der Waals surface area contributed by atoms with Gasteiger partial charge in [-0.25, -0.2) is 0 Å². The molecule has 2 aromatic heterocycles. The molecule has 3 heterocycles. The van der Waals surface area contributed by atoms with Crippen LogP contribution in [0.1, 0.15) is 5.56 Å². The van der Waals surface area contributed by atoms with Crippen LogP contribution in [0.5, 0.6) is 0 Å². The van der Waals surface area contributed by atoms with Crippen LogP contribution >= 0.6 is 11.6 Å². The highest BCUT2D eigenvalue weighted by Gasteiger charge is 2.25. The number of nitrogens with zero attached hydrogens (tertiary/aromatic N) is 1. The van der Waals surface area contributed by atoms with Crippen molar-refractivity contribution in [3.05, 3.63) is 69.5 Å². The molecule has 1 N–H and O–H groups in total. The van der Waals surface area contributed by atoms with E-state index in [0.29, 0.717) is 17.0 Å². The summed E-state index contributed by atoms with van der Waals surface area (Å²) < 4.78 is 1.81. The molecule has 0 saturated heterocycles. The Morgan fingerprint density at radius 3 is 2.48 bits per heavy atom. The monoisotopic (exact) mass is 320 g/mol. The van der Waals surface area contributed by atoms with Crippen LogP contribution in [0.15, 0.2) is 53.3 Å². The van der Waals surface area contributed by atoms with Gasteiger partial charge in [0.25, 0.3) is 5.56 Å². The van der Waals surface area contributed by atoms with E-state index in [9.17, 15) is 4.79 Å². The molecule has 3 nitrogen and oxygen atoms in total. The first-order valence-electron chi connectivity index (χ1n) is 7.66. The lowest BCUT2D eigenvalue weighted by atomic mass is 10.00. The number of hydrogen-bond acceptors (Lipinski definition) is 1. The zero-order valence-electron chi connectivity index (χ0n) is 12.3. The summed E-state index contributed by atoms with van der Waals surface area (Å²) in [5, 5.41) is 3.36. The Kier molecular flexibility index (Phi) is 2.53. The SMILES string of the molecule is O=c1c2ccccc2c(Cl)c2n1CCc1c-2[nH]c2ccccc12. The van der Waals surface area contributed by atoms with Gasteiger partial charge in [0.05, 0.1) is 16.4 Å². The number of H-pyrrole nitrogens is 1. The van der Waals surface area contributed by atoms with Crippen LogP contribution in [-0.4, -0.2) is 9.55 Å². The van der Waals surface area contributed by atoms with E-state index in [-0.39, 0.29) is 5.56 Å². The molecule has 0 atom stereocenters. The van der Waals surface area contributed by atoms with Crippen molar-refractivity contribution in [2.24, 2.45) is 0 Å². The van der Waals surface area contributed by atoms with Crippen molar-refractivity contribution >= 4 is 33.3 Å². The minimum Gasteiger partial charge on any atom is -0.353 e. The molecule has 0 aliphatic carbocycles. The minimum absolute atomic E-state index is 0.0318. The Balaban J connectivity index is 1.98. The minimum atomic E-state index is 0.0318. The van der Waals surface area contributed by atoms with Gasteiger partial charge in [-0.1, -0.05) is 48.0 Å². The van der Waals surface area contributed by atoms with E-state index in [1.54, 1.807) is 0 Å². The number of hydrogen-bond donors (Lipinski definition) is 1. The second kappa shape index (κ2) is 4.49. The van der Waals surface area contributed by atoms with E-state index in [4.69, 9.17) is 11.6 Å². The van der Waals surface area contributed by atoms with Crippen molar-refractivity contribution in [3.63, 3.8) is 0 Å². The Hall–Kier alpha value is -2.52. The standard InChI is InChI=1S/C19H13ClN2O/c20-16-12-6-1-2-7-14(12)19(23)22-10-9-13-11-5-3-4-8-15(11)21-17(13)18(16)22/h1-8,21H,9-10H2. The van der Waals surface area contributed by atoms with Crippen LogP contribution in [0.2, 0.25) is 5.02 Å². The number of halogens is 1. The van der Waals surface area contributed by atoms with Gasteiger partial charge in [-0.2, -0.15) is 0 Å². The predicted octanol–water partition coefficient (Wildman–Crippen LogP) is 4.36. The molecule has 0 saturated carbocycles. The smallest absolute Gasteiger partial charge is 0.259 e. The first kappa shape index (κ1) is 13.0. The van der Waals surface area contributed by atoms with Gasteiger partial charge in [-0.15, -0.1) is 0 Å². The fourth-order valence-electron chi connectivity index (χ4n) is 3.70. The molecule has 0 fully saturated rings. The first-order valence-corrected chi connectivity index (χ1v) is 8.04. The molecule has 1 aliphatic rings. The number of rotatable bonds is 0. The summed E-state index contributed by atoms with van der Waals surface area (Å²) in [4.78, 5) is 16.3. The highest BCUT2D eigenvalue weighted by molar-refractivity contribution is 6.38. The fourth-order valence-corrected chi connectivity index (χ4v) is 4.06. The van der Waals surface area contributed by atoms with E-state index < -0.39 is 0 Å². The average molecular weight is 321 g/mol. The average Bonchev–Trinajstić information content (AvgIpc) is 2.98. The molecule has 0 amide bonds. The van der Waals surface area contributed by atoms with Gasteiger partial charge in [0.1, 0.15) is 0 Å². The largest absolute Gasteiger partial charge is 0.353 e. The van der Waals surface area contributed by atoms with Gasteiger partial charge in [0.2, 0.25) is 0 Å². The predicted molar refractivity (Wildman–Crippen MR) is 94.2 cm³/mol. The summed E-state index contributed by atoms with van der Waals surface area (Å²) >= 11 is 6.71. The normalized spacial score (nSPS) is 13.3. The molecule has 0 unspecified atom stereocenters. The molecule has 0 radical (unpaired) electrons. The third-order valence-corrected chi connectivity index (χ3v) is 5.14. The Labute approximate surface area is 137 Å². The number of para-hydroxylation sites is 1. The second-order valence-corrected chi connectivity index (χ2v) is 6.32. The van der Waals surface area contributed by atoms with Crippen LogP contribution in [0.3, 0.4) is 0 Å². The van der Waals surface area contributed by atoms with E-state index in [1.807, 2.05) is 41.0 Å². The number of aromatic nitrogens is 2. The summed E-state index contributed by atoms with van der Waals surface area (Å²) in [6, 6.07) is 15.8. The van der Waals surface area contributed by atoms with Crippen molar-refractivity contribution in [1.82, 2.24) is 9.55 Å². The van der Waals surface area contributed by atoms with Gasteiger partial charge >= 0.3 is 0 Å². The second-order valence-electron chi connectivity index (χ2n) is 5.94. The van der Waals surface area contributed by atoms with Gasteiger partial charge in [-0.05, 0) is 24.1 Å². The van der Waals surface area contributed by atoms with Gasteiger partial charge in [0.15, 0.2) is 0 Å². The van der Waals surface area contributed by atoms with Crippen molar-refractivity contribution in [2.75, 3.05) is 0 Å². The first-order chi connectivity index (χ1) is 11.3. The fraction of sp³-hybridized carbons (Fsp3) is 0.105. The molecule has 4 heteroatoms. The Morgan fingerprint density at radius 1 is 0.957 bits per heavy atom. The highest BCUT2D eigenvalue weighted by Crippen LogP contribution is 2.39. The summed E-state index contributed by atoms with van der Waals surface area (Å²) in [6.45, 7) is 0.660. The molecule has 4 aromatic rings. The third kappa shape index (κ3) is 1.63. The number of aryl methyl sites for hydroxylation is 1. The summed E-state index contributed by atoms with van der Waals surface area (Å²) in [7, 11) is 0. The summed E-state index contributed by atoms with van der Waals surface area (Å²) in [6.07, 6.45) is 0.834. The van der Waals surface area contributed by atoms with Crippen LogP contribution in [0.4, 0.5) is 0 Å². The topological polar surface area (TPSA) is 37.8 Å². The zero-order valence-corrected chi connectivity index (χ0v) is 13.0. The van der Waals surface area contributed by atoms with Crippen molar-refractivity contribution < 1.29 is 0 Å². The van der Waals surface area contributed by atoms with Crippen molar-refractivity contribution in [2.45, 2.75) is 13.0 Å².